The van der Waals surface area contributed by atoms with E-state index in [1.165, 1.54) is 16.5 Å². The van der Waals surface area contributed by atoms with E-state index in [-0.39, 0.29) is 5.41 Å². The van der Waals surface area contributed by atoms with Crippen LogP contribution in [0.3, 0.4) is 0 Å². The van der Waals surface area contributed by atoms with E-state index >= 15 is 0 Å². The Morgan fingerprint density at radius 2 is 2.13 bits per heavy atom. The molecule has 0 spiro atoms. The Morgan fingerprint density at radius 1 is 1.33 bits per heavy atom. The third-order valence-electron chi connectivity index (χ3n) is 3.41. The van der Waals surface area contributed by atoms with Gasteiger partial charge in [-0.05, 0) is 30.5 Å². The zero-order chi connectivity index (χ0) is 10.5. The quantitative estimate of drug-likeness (QED) is 0.689. The molecule has 0 unspecified atom stereocenters. The van der Waals surface area contributed by atoms with Crippen LogP contribution in [-0.2, 0) is 12.5 Å². The summed E-state index contributed by atoms with van der Waals surface area (Å²) in [6.07, 6.45) is 4.08. The summed E-state index contributed by atoms with van der Waals surface area (Å²) in [6, 6.07) is 10.8. The van der Waals surface area contributed by atoms with Crippen LogP contribution < -0.4 is 0 Å². The smallest absolute Gasteiger partial charge is 0.0830 e. The van der Waals surface area contributed by atoms with Gasteiger partial charge in [-0.1, -0.05) is 12.1 Å². The summed E-state index contributed by atoms with van der Waals surface area (Å²) in [5.41, 5.74) is 2.25. The van der Waals surface area contributed by atoms with Gasteiger partial charge in [-0.15, -0.1) is 0 Å². The first-order valence-electron chi connectivity index (χ1n) is 5.23. The van der Waals surface area contributed by atoms with E-state index < -0.39 is 0 Å². The molecular weight excluding hydrogens is 184 g/mol. The monoisotopic (exact) mass is 196 g/mol. The van der Waals surface area contributed by atoms with Gasteiger partial charge < -0.3 is 4.57 Å². The third-order valence-corrected chi connectivity index (χ3v) is 3.41. The molecule has 0 atom stereocenters. The number of hydrogen-bond acceptors (Lipinski definition) is 1. The standard InChI is InChI=1S/C13H12N2/c1-15-8-5-10-11(3-2-4-12(10)15)13(9-14)6-7-13/h2-5,8H,6-7H2,1H3. The van der Waals surface area contributed by atoms with E-state index in [9.17, 15) is 5.26 Å². The average molecular weight is 196 g/mol. The highest BCUT2D eigenvalue weighted by Gasteiger charge is 2.45. The molecule has 0 bridgehead atoms. The number of hydrogen-bond donors (Lipinski definition) is 0. The fraction of sp³-hybridized carbons (Fsp3) is 0.308. The Morgan fingerprint density at radius 3 is 2.80 bits per heavy atom. The lowest BCUT2D eigenvalue weighted by Gasteiger charge is -2.08. The van der Waals surface area contributed by atoms with Crippen LogP contribution in [0.2, 0.25) is 0 Å². The van der Waals surface area contributed by atoms with Crippen molar-refractivity contribution in [1.82, 2.24) is 4.57 Å². The molecule has 2 nitrogen and oxygen atoms in total. The molecule has 1 fully saturated rings. The van der Waals surface area contributed by atoms with Gasteiger partial charge >= 0.3 is 0 Å². The Balaban J connectivity index is 2.33. The molecule has 0 radical (unpaired) electrons. The lowest BCUT2D eigenvalue weighted by Crippen LogP contribution is -2.02. The molecule has 1 aliphatic rings. The second kappa shape index (κ2) is 2.64. The van der Waals surface area contributed by atoms with E-state index in [1.54, 1.807) is 0 Å². The minimum Gasteiger partial charge on any atom is -0.351 e. The number of aryl methyl sites for hydroxylation is 1. The highest BCUT2D eigenvalue weighted by atomic mass is 14.9. The van der Waals surface area contributed by atoms with Crippen LogP contribution in [0.4, 0.5) is 0 Å². The Hall–Kier alpha value is -1.75. The summed E-state index contributed by atoms with van der Waals surface area (Å²) >= 11 is 0. The van der Waals surface area contributed by atoms with E-state index in [2.05, 4.69) is 41.1 Å². The highest BCUT2D eigenvalue weighted by Crippen LogP contribution is 2.49. The molecule has 0 N–H and O–H groups in total. The van der Waals surface area contributed by atoms with Crippen LogP contribution in [0.15, 0.2) is 30.5 Å². The van der Waals surface area contributed by atoms with Crippen molar-refractivity contribution in [1.29, 1.82) is 5.26 Å². The van der Waals surface area contributed by atoms with Crippen LogP contribution in [0, 0.1) is 11.3 Å². The maximum Gasteiger partial charge on any atom is 0.0830 e. The summed E-state index contributed by atoms with van der Waals surface area (Å²) in [5, 5.41) is 10.5. The van der Waals surface area contributed by atoms with E-state index in [1.807, 2.05) is 7.05 Å². The number of nitrogens with zero attached hydrogens (tertiary/aromatic N) is 2. The Kier molecular flexibility index (Phi) is 1.50. The second-order valence-electron chi connectivity index (χ2n) is 4.36. The lowest BCUT2D eigenvalue weighted by molar-refractivity contribution is 0.918. The van der Waals surface area contributed by atoms with Crippen molar-refractivity contribution in [3.63, 3.8) is 0 Å². The predicted molar refractivity (Wildman–Crippen MR) is 59.4 cm³/mol. The maximum atomic E-state index is 9.22. The van der Waals surface area contributed by atoms with Crippen LogP contribution in [0.1, 0.15) is 18.4 Å². The summed E-state index contributed by atoms with van der Waals surface area (Å²) < 4.78 is 2.10. The predicted octanol–water partition coefficient (Wildman–Crippen LogP) is 2.73. The molecule has 0 amide bonds. The van der Waals surface area contributed by atoms with Gasteiger partial charge in [0.2, 0.25) is 0 Å². The fourth-order valence-electron chi connectivity index (χ4n) is 2.29. The van der Waals surface area contributed by atoms with Gasteiger partial charge in [-0.3, -0.25) is 0 Å². The maximum absolute atomic E-state index is 9.22. The second-order valence-corrected chi connectivity index (χ2v) is 4.36. The number of rotatable bonds is 1. The van der Waals surface area contributed by atoms with Crippen LogP contribution >= 0.6 is 0 Å². The molecule has 1 saturated carbocycles. The van der Waals surface area contributed by atoms with Crippen LogP contribution in [0.25, 0.3) is 10.9 Å². The van der Waals surface area contributed by atoms with Crippen molar-refractivity contribution >= 4 is 10.9 Å². The zero-order valence-electron chi connectivity index (χ0n) is 8.70. The molecule has 1 heterocycles. The molecule has 2 heteroatoms. The van der Waals surface area contributed by atoms with Crippen molar-refractivity contribution in [2.75, 3.05) is 0 Å². The van der Waals surface area contributed by atoms with Crippen LogP contribution in [0.5, 0.6) is 0 Å². The summed E-state index contributed by atoms with van der Waals surface area (Å²) in [6.45, 7) is 0. The van der Waals surface area contributed by atoms with Crippen molar-refractivity contribution in [3.8, 4) is 6.07 Å². The molecule has 74 valence electrons. The minimum atomic E-state index is -0.180. The van der Waals surface area contributed by atoms with Crippen LogP contribution in [-0.4, -0.2) is 4.57 Å². The largest absolute Gasteiger partial charge is 0.351 e. The normalized spacial score (nSPS) is 17.6. The molecule has 0 aliphatic heterocycles. The summed E-state index contributed by atoms with van der Waals surface area (Å²) in [4.78, 5) is 0. The van der Waals surface area contributed by atoms with Gasteiger partial charge in [0.05, 0.1) is 11.5 Å². The topological polar surface area (TPSA) is 28.7 Å². The number of nitriles is 1. The first kappa shape index (κ1) is 8.55. The van der Waals surface area contributed by atoms with Gasteiger partial charge in [-0.2, -0.15) is 5.26 Å². The Labute approximate surface area is 88.7 Å². The van der Waals surface area contributed by atoms with Crippen molar-refractivity contribution in [2.45, 2.75) is 18.3 Å². The number of benzene rings is 1. The number of aromatic nitrogens is 1. The lowest BCUT2D eigenvalue weighted by atomic mass is 9.94. The Bertz CT molecular complexity index is 568. The van der Waals surface area contributed by atoms with Gasteiger partial charge in [0.25, 0.3) is 0 Å². The van der Waals surface area contributed by atoms with Gasteiger partial charge in [0.1, 0.15) is 0 Å². The number of fused-ring (bicyclic) bond motifs is 1. The molecule has 15 heavy (non-hydrogen) atoms. The third kappa shape index (κ3) is 1.04. The van der Waals surface area contributed by atoms with E-state index in [0.29, 0.717) is 0 Å². The van der Waals surface area contributed by atoms with Gasteiger partial charge in [0, 0.05) is 24.1 Å². The van der Waals surface area contributed by atoms with E-state index in [0.717, 1.165) is 12.8 Å². The van der Waals surface area contributed by atoms with Crippen molar-refractivity contribution in [2.24, 2.45) is 7.05 Å². The molecule has 1 aromatic heterocycles. The molecule has 0 saturated heterocycles. The van der Waals surface area contributed by atoms with Gasteiger partial charge in [-0.25, -0.2) is 0 Å². The first-order valence-corrected chi connectivity index (χ1v) is 5.23. The van der Waals surface area contributed by atoms with E-state index in [4.69, 9.17) is 0 Å². The average Bonchev–Trinajstić information content (AvgIpc) is 2.98. The molecule has 3 rings (SSSR count). The minimum absolute atomic E-state index is 0.180. The molecule has 1 aliphatic carbocycles. The van der Waals surface area contributed by atoms with Crippen molar-refractivity contribution in [3.05, 3.63) is 36.0 Å². The fourth-order valence-corrected chi connectivity index (χ4v) is 2.29. The highest BCUT2D eigenvalue weighted by molar-refractivity contribution is 5.85. The SMILES string of the molecule is Cn1ccc2c(C3(C#N)CC3)cccc21. The van der Waals surface area contributed by atoms with Gasteiger partial charge in [0.15, 0.2) is 0 Å². The summed E-state index contributed by atoms with van der Waals surface area (Å²) in [7, 11) is 2.04. The zero-order valence-corrected chi connectivity index (χ0v) is 8.70. The molecule has 1 aromatic carbocycles. The molecule has 2 aromatic rings. The molecular formula is C13H12N2. The first-order chi connectivity index (χ1) is 7.27. The van der Waals surface area contributed by atoms with Crippen molar-refractivity contribution < 1.29 is 0 Å². The summed E-state index contributed by atoms with van der Waals surface area (Å²) in [5.74, 6) is 0.